The van der Waals surface area contributed by atoms with Crippen molar-refractivity contribution in [3.63, 3.8) is 0 Å². The lowest BCUT2D eigenvalue weighted by Gasteiger charge is -2.11. The fourth-order valence-electron chi connectivity index (χ4n) is 2.05. The number of nitrogens with zero attached hydrogens (tertiary/aromatic N) is 1. The number of carbonyl (C=O) groups is 1. The van der Waals surface area contributed by atoms with Crippen molar-refractivity contribution < 1.29 is 4.79 Å². The van der Waals surface area contributed by atoms with Gasteiger partial charge >= 0.3 is 0 Å². The number of aromatic nitrogens is 1. The van der Waals surface area contributed by atoms with Gasteiger partial charge in [0.25, 0.3) is 5.91 Å². The molecule has 1 heterocycles. The average molecular weight is 283 g/mol. The van der Waals surface area contributed by atoms with Crippen LogP contribution in [0, 0.1) is 6.92 Å². The van der Waals surface area contributed by atoms with Crippen LogP contribution in [0.15, 0.2) is 42.7 Å². The smallest absolute Gasteiger partial charge is 0.251 e. The number of hydrogen-bond acceptors (Lipinski definition) is 3. The molecule has 0 fully saturated rings. The lowest BCUT2D eigenvalue weighted by atomic mass is 10.1. The van der Waals surface area contributed by atoms with Gasteiger partial charge in [0.2, 0.25) is 0 Å². The van der Waals surface area contributed by atoms with Crippen molar-refractivity contribution in [1.82, 2.24) is 10.3 Å². The topological polar surface area (TPSA) is 54.0 Å². The molecule has 0 spiro atoms. The summed E-state index contributed by atoms with van der Waals surface area (Å²) in [5.74, 6) is -0.0657. The quantitative estimate of drug-likeness (QED) is 0.856. The van der Waals surface area contributed by atoms with E-state index in [1.165, 1.54) is 0 Å². The third-order valence-corrected chi connectivity index (χ3v) is 3.23. The highest BCUT2D eigenvalue weighted by atomic mass is 16.1. The van der Waals surface area contributed by atoms with Crippen LogP contribution in [0.2, 0.25) is 0 Å². The largest absolute Gasteiger partial charge is 0.385 e. The van der Waals surface area contributed by atoms with Crippen LogP contribution < -0.4 is 10.6 Å². The normalized spacial score (nSPS) is 10.2. The van der Waals surface area contributed by atoms with E-state index in [9.17, 15) is 4.79 Å². The van der Waals surface area contributed by atoms with Crippen LogP contribution in [0.3, 0.4) is 0 Å². The van der Waals surface area contributed by atoms with Gasteiger partial charge in [0.15, 0.2) is 0 Å². The molecule has 2 rings (SSSR count). The second-order valence-electron chi connectivity index (χ2n) is 5.00. The highest BCUT2D eigenvalue weighted by Gasteiger charge is 2.07. The molecule has 0 radical (unpaired) electrons. The van der Waals surface area contributed by atoms with Crippen molar-refractivity contribution in [3.8, 4) is 0 Å². The number of hydrogen-bond donors (Lipinski definition) is 2. The van der Waals surface area contributed by atoms with Gasteiger partial charge in [0.1, 0.15) is 0 Å². The number of amides is 1. The number of rotatable bonds is 6. The van der Waals surface area contributed by atoms with Gasteiger partial charge < -0.3 is 10.6 Å². The number of pyridine rings is 1. The Kier molecular flexibility index (Phi) is 5.32. The van der Waals surface area contributed by atoms with Crippen molar-refractivity contribution >= 4 is 11.6 Å². The first-order chi connectivity index (χ1) is 10.2. The first-order valence-electron chi connectivity index (χ1n) is 7.22. The third-order valence-electron chi connectivity index (χ3n) is 3.23. The summed E-state index contributed by atoms with van der Waals surface area (Å²) in [7, 11) is 0. The van der Waals surface area contributed by atoms with Crippen molar-refractivity contribution in [1.29, 1.82) is 0 Å². The molecule has 0 aliphatic carbocycles. The average Bonchev–Trinajstić information content (AvgIpc) is 2.52. The molecular formula is C17H21N3O. The van der Waals surface area contributed by atoms with Crippen LogP contribution in [-0.4, -0.2) is 17.4 Å². The SMILES string of the molecule is CCCNc1ccc(C(=O)NCc2cccnc2)cc1C. The van der Waals surface area contributed by atoms with Gasteiger partial charge in [-0.2, -0.15) is 0 Å². The van der Waals surface area contributed by atoms with E-state index in [-0.39, 0.29) is 5.91 Å². The Labute approximate surface area is 125 Å². The predicted octanol–water partition coefficient (Wildman–Crippen LogP) is 3.14. The Balaban J connectivity index is 1.98. The van der Waals surface area contributed by atoms with E-state index in [1.807, 2.05) is 37.3 Å². The zero-order valence-electron chi connectivity index (χ0n) is 12.5. The zero-order valence-corrected chi connectivity index (χ0v) is 12.5. The van der Waals surface area contributed by atoms with E-state index >= 15 is 0 Å². The molecule has 1 aromatic carbocycles. The Morgan fingerprint density at radius 2 is 2.14 bits per heavy atom. The summed E-state index contributed by atoms with van der Waals surface area (Å²) < 4.78 is 0. The summed E-state index contributed by atoms with van der Waals surface area (Å²) in [4.78, 5) is 16.2. The predicted molar refractivity (Wildman–Crippen MR) is 85.4 cm³/mol. The standard InChI is InChI=1S/C17H21N3O/c1-3-8-19-16-7-6-15(10-13(16)2)17(21)20-12-14-5-4-9-18-11-14/h4-7,9-11,19H,3,8,12H2,1-2H3,(H,20,21). The second kappa shape index (κ2) is 7.43. The van der Waals surface area contributed by atoms with Crippen LogP contribution in [-0.2, 0) is 6.54 Å². The molecule has 2 N–H and O–H groups in total. The zero-order chi connectivity index (χ0) is 15.1. The molecule has 21 heavy (non-hydrogen) atoms. The van der Waals surface area contributed by atoms with Gasteiger partial charge in [0, 0.05) is 36.7 Å². The van der Waals surface area contributed by atoms with Crippen molar-refractivity contribution in [3.05, 3.63) is 59.4 Å². The molecule has 2 aromatic rings. The lowest BCUT2D eigenvalue weighted by Crippen LogP contribution is -2.23. The molecule has 4 heteroatoms. The van der Waals surface area contributed by atoms with Crippen LogP contribution in [0.4, 0.5) is 5.69 Å². The first kappa shape index (κ1) is 15.0. The third kappa shape index (κ3) is 4.31. The summed E-state index contributed by atoms with van der Waals surface area (Å²) in [5.41, 5.74) is 3.83. The van der Waals surface area contributed by atoms with Crippen LogP contribution in [0.5, 0.6) is 0 Å². The van der Waals surface area contributed by atoms with Crippen molar-refractivity contribution in [2.24, 2.45) is 0 Å². The van der Waals surface area contributed by atoms with E-state index in [1.54, 1.807) is 12.4 Å². The van der Waals surface area contributed by atoms with E-state index in [4.69, 9.17) is 0 Å². The molecule has 0 saturated heterocycles. The first-order valence-corrected chi connectivity index (χ1v) is 7.22. The monoisotopic (exact) mass is 283 g/mol. The lowest BCUT2D eigenvalue weighted by molar-refractivity contribution is 0.0951. The molecule has 0 aliphatic rings. The van der Waals surface area contributed by atoms with E-state index in [2.05, 4.69) is 22.5 Å². The maximum absolute atomic E-state index is 12.1. The molecular weight excluding hydrogens is 262 g/mol. The molecule has 0 bridgehead atoms. The maximum atomic E-state index is 12.1. The Morgan fingerprint density at radius 1 is 1.29 bits per heavy atom. The summed E-state index contributed by atoms with van der Waals surface area (Å²) in [5, 5.41) is 6.25. The van der Waals surface area contributed by atoms with Crippen LogP contribution in [0.1, 0.15) is 34.8 Å². The molecule has 0 atom stereocenters. The van der Waals surface area contributed by atoms with Gasteiger partial charge in [-0.3, -0.25) is 9.78 Å². The molecule has 1 aromatic heterocycles. The van der Waals surface area contributed by atoms with Gasteiger partial charge in [-0.15, -0.1) is 0 Å². The fraction of sp³-hybridized carbons (Fsp3) is 0.294. The van der Waals surface area contributed by atoms with Crippen LogP contribution >= 0.6 is 0 Å². The number of anilines is 1. The summed E-state index contributed by atoms with van der Waals surface area (Å²) in [6, 6.07) is 9.53. The summed E-state index contributed by atoms with van der Waals surface area (Å²) >= 11 is 0. The van der Waals surface area contributed by atoms with Crippen LogP contribution in [0.25, 0.3) is 0 Å². The summed E-state index contributed by atoms with van der Waals surface area (Å²) in [6.45, 7) is 5.56. The Hall–Kier alpha value is -2.36. The Morgan fingerprint density at radius 3 is 2.81 bits per heavy atom. The van der Waals surface area contributed by atoms with Gasteiger partial charge in [-0.1, -0.05) is 13.0 Å². The number of aryl methyl sites for hydroxylation is 1. The van der Waals surface area contributed by atoms with Gasteiger partial charge in [-0.25, -0.2) is 0 Å². The maximum Gasteiger partial charge on any atom is 0.251 e. The summed E-state index contributed by atoms with van der Waals surface area (Å²) in [6.07, 6.45) is 4.55. The van der Waals surface area contributed by atoms with E-state index in [0.29, 0.717) is 12.1 Å². The van der Waals surface area contributed by atoms with E-state index < -0.39 is 0 Å². The minimum Gasteiger partial charge on any atom is -0.385 e. The number of benzene rings is 1. The minimum atomic E-state index is -0.0657. The molecule has 0 saturated carbocycles. The Bertz CT molecular complexity index is 596. The van der Waals surface area contributed by atoms with Crippen molar-refractivity contribution in [2.45, 2.75) is 26.8 Å². The fourth-order valence-corrected chi connectivity index (χ4v) is 2.05. The molecule has 0 unspecified atom stereocenters. The van der Waals surface area contributed by atoms with E-state index in [0.717, 1.165) is 29.8 Å². The molecule has 0 aliphatic heterocycles. The van der Waals surface area contributed by atoms with Gasteiger partial charge in [-0.05, 0) is 48.7 Å². The minimum absolute atomic E-state index is 0.0657. The molecule has 4 nitrogen and oxygen atoms in total. The van der Waals surface area contributed by atoms with Crippen molar-refractivity contribution in [2.75, 3.05) is 11.9 Å². The highest BCUT2D eigenvalue weighted by Crippen LogP contribution is 2.16. The highest BCUT2D eigenvalue weighted by molar-refractivity contribution is 5.94. The number of carbonyl (C=O) groups excluding carboxylic acids is 1. The number of nitrogens with one attached hydrogen (secondary N) is 2. The van der Waals surface area contributed by atoms with Gasteiger partial charge in [0.05, 0.1) is 0 Å². The molecule has 110 valence electrons. The molecule has 1 amide bonds. The second-order valence-corrected chi connectivity index (χ2v) is 5.00.